The molecule has 0 bridgehead atoms. The van der Waals surface area contributed by atoms with Gasteiger partial charge in [0, 0.05) is 0 Å². The van der Waals surface area contributed by atoms with Crippen LogP contribution in [0.3, 0.4) is 0 Å². The minimum atomic E-state index is -7.13. The monoisotopic (exact) mass is 314 g/mol. The summed E-state index contributed by atoms with van der Waals surface area (Å²) in [5.41, 5.74) is 0. The molecular formula is C6H2F11P. The van der Waals surface area contributed by atoms with Crippen molar-refractivity contribution in [3.63, 3.8) is 0 Å². The zero-order valence-corrected chi connectivity index (χ0v) is 8.89. The van der Waals surface area contributed by atoms with Crippen LogP contribution in [-0.4, -0.2) is 35.0 Å². The zero-order chi connectivity index (χ0) is 15.0. The standard InChI is InChI=1S/C6H2F11P/c7-1(8)2(9,10)4(13,14)6(17,18)5(15,16)3(1,11)12/h18H2. The molecule has 1 aliphatic carbocycles. The average Bonchev–Trinajstić information content (AvgIpc) is 2.14. The predicted molar refractivity (Wildman–Crippen MR) is 38.3 cm³/mol. The highest BCUT2D eigenvalue weighted by Gasteiger charge is 3.00. The summed E-state index contributed by atoms with van der Waals surface area (Å²) < 4.78 is 139. The van der Waals surface area contributed by atoms with Gasteiger partial charge in [0.25, 0.3) is 5.41 Å². The van der Waals surface area contributed by atoms with Gasteiger partial charge in [-0.3, -0.25) is 0 Å². The van der Waals surface area contributed by atoms with E-state index in [1.807, 2.05) is 0 Å². The van der Waals surface area contributed by atoms with Crippen LogP contribution in [-0.2, 0) is 0 Å². The van der Waals surface area contributed by atoms with Crippen LogP contribution in [0.5, 0.6) is 0 Å². The fourth-order valence-electron chi connectivity index (χ4n) is 1.25. The van der Waals surface area contributed by atoms with Crippen LogP contribution in [0, 0.1) is 0 Å². The fraction of sp³-hybridized carbons (Fsp3) is 1.00. The normalized spacial score (nSPS) is 34.0. The smallest absolute Gasteiger partial charge is 0.225 e. The van der Waals surface area contributed by atoms with Crippen LogP contribution in [0.15, 0.2) is 0 Å². The first-order valence-corrected chi connectivity index (χ1v) is 4.44. The maximum Gasteiger partial charge on any atom is 0.384 e. The van der Waals surface area contributed by atoms with Gasteiger partial charge in [0.15, 0.2) is 0 Å². The third kappa shape index (κ3) is 1.17. The molecule has 1 atom stereocenters. The van der Waals surface area contributed by atoms with Crippen LogP contribution < -0.4 is 0 Å². The van der Waals surface area contributed by atoms with Gasteiger partial charge in [-0.05, 0) is 0 Å². The number of hydrogen-bond acceptors (Lipinski definition) is 0. The minimum absolute atomic E-state index is 0.244. The molecule has 12 heteroatoms. The van der Waals surface area contributed by atoms with E-state index in [1.54, 1.807) is 0 Å². The van der Waals surface area contributed by atoms with E-state index in [0.717, 1.165) is 0 Å². The summed E-state index contributed by atoms with van der Waals surface area (Å²) in [7, 11) is -0.244. The Balaban J connectivity index is 3.72. The van der Waals surface area contributed by atoms with Crippen LogP contribution in [0.25, 0.3) is 0 Å². The lowest BCUT2D eigenvalue weighted by molar-refractivity contribution is -0.469. The number of rotatable bonds is 0. The second-order valence-corrected chi connectivity index (χ2v) is 4.38. The number of alkyl halides is 11. The zero-order valence-electron chi connectivity index (χ0n) is 7.73. The van der Waals surface area contributed by atoms with E-state index in [-0.39, 0.29) is 9.24 Å². The van der Waals surface area contributed by atoms with Crippen molar-refractivity contribution >= 4 is 9.24 Å². The van der Waals surface area contributed by atoms with Gasteiger partial charge in [-0.2, -0.15) is 43.9 Å². The molecule has 0 aromatic heterocycles. The lowest BCUT2D eigenvalue weighted by Gasteiger charge is -2.51. The average molecular weight is 314 g/mol. The first-order chi connectivity index (χ1) is 7.50. The molecule has 0 N–H and O–H groups in total. The van der Waals surface area contributed by atoms with Crippen molar-refractivity contribution in [3.8, 4) is 0 Å². The van der Waals surface area contributed by atoms with Crippen molar-refractivity contribution < 1.29 is 48.3 Å². The Morgan fingerprint density at radius 2 is 0.556 bits per heavy atom. The van der Waals surface area contributed by atoms with Gasteiger partial charge in [0.1, 0.15) is 0 Å². The molecule has 0 aliphatic heterocycles. The lowest BCUT2D eigenvalue weighted by atomic mass is 9.80. The molecular weight excluding hydrogens is 312 g/mol. The molecule has 0 aromatic carbocycles. The van der Waals surface area contributed by atoms with Gasteiger partial charge in [-0.15, -0.1) is 0 Å². The molecule has 0 spiro atoms. The summed E-state index contributed by atoms with van der Waals surface area (Å²) >= 11 is 0. The molecule has 108 valence electrons. The Bertz CT molecular complexity index is 253. The second kappa shape index (κ2) is 3.21. The highest BCUT2D eigenvalue weighted by atomic mass is 31.0. The first kappa shape index (κ1) is 15.7. The van der Waals surface area contributed by atoms with Crippen LogP contribution >= 0.6 is 9.24 Å². The molecule has 0 nitrogen and oxygen atoms in total. The first-order valence-electron chi connectivity index (χ1n) is 3.87. The van der Waals surface area contributed by atoms with Gasteiger partial charge in [-0.25, -0.2) is 4.39 Å². The molecule has 1 saturated carbocycles. The minimum Gasteiger partial charge on any atom is -0.225 e. The second-order valence-electron chi connectivity index (χ2n) is 3.58. The third-order valence-corrected chi connectivity index (χ3v) is 3.22. The highest BCUT2D eigenvalue weighted by Crippen LogP contribution is 2.71. The molecule has 0 saturated heterocycles. The summed E-state index contributed by atoms with van der Waals surface area (Å²) in [6.45, 7) is 0. The van der Waals surface area contributed by atoms with Crippen LogP contribution in [0.1, 0.15) is 0 Å². The van der Waals surface area contributed by atoms with Crippen molar-refractivity contribution in [1.29, 1.82) is 0 Å². The van der Waals surface area contributed by atoms with Crippen LogP contribution in [0.4, 0.5) is 48.3 Å². The third-order valence-electron chi connectivity index (χ3n) is 2.49. The molecule has 1 aliphatic rings. The van der Waals surface area contributed by atoms with Gasteiger partial charge in [0.05, 0.1) is 0 Å². The summed E-state index contributed by atoms with van der Waals surface area (Å²) in [5.74, 6) is -34.6. The van der Waals surface area contributed by atoms with Crippen molar-refractivity contribution in [3.05, 3.63) is 0 Å². The molecule has 0 radical (unpaired) electrons. The van der Waals surface area contributed by atoms with Crippen molar-refractivity contribution in [2.45, 2.75) is 35.0 Å². The summed E-state index contributed by atoms with van der Waals surface area (Å²) in [5, 5.41) is -5.94. The van der Waals surface area contributed by atoms with E-state index in [0.29, 0.717) is 0 Å². The maximum absolute atomic E-state index is 12.9. The Morgan fingerprint density at radius 3 is 0.778 bits per heavy atom. The molecule has 0 heterocycles. The van der Waals surface area contributed by atoms with Crippen molar-refractivity contribution in [1.82, 2.24) is 0 Å². The Morgan fingerprint density at radius 1 is 0.389 bits per heavy atom. The molecule has 1 rings (SSSR count). The Hall–Kier alpha value is -0.340. The van der Waals surface area contributed by atoms with Crippen LogP contribution in [0.2, 0.25) is 0 Å². The topological polar surface area (TPSA) is 0 Å². The summed E-state index contributed by atoms with van der Waals surface area (Å²) in [6, 6.07) is 0. The van der Waals surface area contributed by atoms with E-state index in [4.69, 9.17) is 0 Å². The van der Waals surface area contributed by atoms with Gasteiger partial charge in [0.2, 0.25) is 0 Å². The Labute approximate surface area is 93.7 Å². The quantitative estimate of drug-likeness (QED) is 0.472. The Kier molecular flexibility index (Phi) is 2.81. The number of hydrogen-bond donors (Lipinski definition) is 0. The van der Waals surface area contributed by atoms with Crippen molar-refractivity contribution in [2.75, 3.05) is 0 Å². The van der Waals surface area contributed by atoms with E-state index >= 15 is 0 Å². The van der Waals surface area contributed by atoms with E-state index in [2.05, 4.69) is 0 Å². The molecule has 1 fully saturated rings. The summed E-state index contributed by atoms with van der Waals surface area (Å²) in [6.07, 6.45) is 0. The highest BCUT2D eigenvalue weighted by molar-refractivity contribution is 7.19. The lowest BCUT2D eigenvalue weighted by Crippen LogP contribution is -2.82. The molecule has 0 amide bonds. The molecule has 1 unspecified atom stereocenters. The fourth-order valence-corrected chi connectivity index (χ4v) is 1.61. The summed E-state index contributed by atoms with van der Waals surface area (Å²) in [4.78, 5) is 0. The molecule has 0 aromatic rings. The van der Waals surface area contributed by atoms with Crippen molar-refractivity contribution in [2.24, 2.45) is 0 Å². The largest absolute Gasteiger partial charge is 0.384 e. The van der Waals surface area contributed by atoms with E-state index < -0.39 is 35.0 Å². The van der Waals surface area contributed by atoms with Gasteiger partial charge in [-0.1, -0.05) is 9.24 Å². The SMILES string of the molecule is FC1(F)C(F)(F)C(F)(F)C(F)(P)C(F)(F)C1(F)F. The number of halogens is 11. The van der Waals surface area contributed by atoms with E-state index in [9.17, 15) is 48.3 Å². The van der Waals surface area contributed by atoms with Gasteiger partial charge < -0.3 is 0 Å². The maximum atomic E-state index is 12.9. The molecule has 18 heavy (non-hydrogen) atoms. The predicted octanol–water partition coefficient (Wildman–Crippen LogP) is 3.72. The van der Waals surface area contributed by atoms with E-state index in [1.165, 1.54) is 0 Å². The van der Waals surface area contributed by atoms with Gasteiger partial charge >= 0.3 is 29.6 Å².